The van der Waals surface area contributed by atoms with Crippen LogP contribution in [-0.2, 0) is 0 Å². The highest BCUT2D eigenvalue weighted by Crippen LogP contribution is 2.67. The van der Waals surface area contributed by atoms with E-state index in [0.29, 0.717) is 28.6 Å². The summed E-state index contributed by atoms with van der Waals surface area (Å²) in [5.41, 5.74) is 0.843. The molecule has 4 rings (SSSR count). The predicted octanol–water partition coefficient (Wildman–Crippen LogP) is 4.00. The summed E-state index contributed by atoms with van der Waals surface area (Å²) in [7, 11) is 0. The van der Waals surface area contributed by atoms with E-state index in [4.69, 9.17) is 0 Å². The summed E-state index contributed by atoms with van der Waals surface area (Å²) in [6.45, 7) is 7.45. The lowest BCUT2D eigenvalue weighted by Crippen LogP contribution is -2.58. The van der Waals surface area contributed by atoms with Crippen LogP contribution in [0.5, 0.6) is 0 Å². The molecule has 0 aromatic carbocycles. The van der Waals surface area contributed by atoms with E-state index < -0.39 is 0 Å². The highest BCUT2D eigenvalue weighted by Gasteiger charge is 2.61. The first-order valence-electron chi connectivity index (χ1n) is 9.72. The molecular formula is C20H34O2. The first-order valence-corrected chi connectivity index (χ1v) is 9.72. The van der Waals surface area contributed by atoms with Crippen LogP contribution in [0.2, 0.25) is 0 Å². The van der Waals surface area contributed by atoms with Crippen molar-refractivity contribution in [2.24, 2.45) is 40.4 Å². The molecule has 22 heavy (non-hydrogen) atoms. The van der Waals surface area contributed by atoms with E-state index in [2.05, 4.69) is 20.8 Å². The summed E-state index contributed by atoms with van der Waals surface area (Å²) in [5, 5.41) is 21.1. The van der Waals surface area contributed by atoms with Gasteiger partial charge in [0.2, 0.25) is 0 Å². The second kappa shape index (κ2) is 4.96. The van der Waals surface area contributed by atoms with E-state index in [1.165, 1.54) is 32.1 Å². The monoisotopic (exact) mass is 306 g/mol. The Labute approximate surface area is 135 Å². The molecule has 0 saturated heterocycles. The van der Waals surface area contributed by atoms with Gasteiger partial charge < -0.3 is 10.2 Å². The summed E-state index contributed by atoms with van der Waals surface area (Å²) >= 11 is 0. The van der Waals surface area contributed by atoms with Crippen LogP contribution in [0, 0.1) is 40.4 Å². The van der Waals surface area contributed by atoms with E-state index in [9.17, 15) is 10.2 Å². The Morgan fingerprint density at radius 2 is 1.50 bits per heavy atom. The molecule has 2 N–H and O–H groups in total. The Balaban J connectivity index is 1.67. The topological polar surface area (TPSA) is 40.5 Å². The lowest BCUT2D eigenvalue weighted by atomic mass is 9.44. The summed E-state index contributed by atoms with van der Waals surface area (Å²) in [5.74, 6) is 3.32. The second-order valence-corrected chi connectivity index (χ2v) is 9.75. The molecule has 0 heterocycles. The third-order valence-corrected chi connectivity index (χ3v) is 9.13. The number of aliphatic hydroxyl groups is 2. The predicted molar refractivity (Wildman–Crippen MR) is 88.3 cm³/mol. The van der Waals surface area contributed by atoms with Gasteiger partial charge in [-0.3, -0.25) is 0 Å². The lowest BCUT2D eigenvalue weighted by Gasteiger charge is -2.62. The summed E-state index contributed by atoms with van der Waals surface area (Å²) in [6, 6.07) is 0. The van der Waals surface area contributed by atoms with Crippen LogP contribution in [0.25, 0.3) is 0 Å². The zero-order valence-electron chi connectivity index (χ0n) is 14.6. The van der Waals surface area contributed by atoms with Crippen LogP contribution in [0.1, 0.15) is 72.1 Å². The number of hydrogen-bond donors (Lipinski definition) is 2. The molecule has 126 valence electrons. The average molecular weight is 306 g/mol. The van der Waals surface area contributed by atoms with Crippen molar-refractivity contribution in [1.29, 1.82) is 0 Å². The summed E-state index contributed by atoms with van der Waals surface area (Å²) in [4.78, 5) is 0. The van der Waals surface area contributed by atoms with Gasteiger partial charge in [0.1, 0.15) is 0 Å². The minimum absolute atomic E-state index is 0.122. The molecule has 4 fully saturated rings. The molecule has 0 spiro atoms. The Kier molecular flexibility index (Phi) is 3.48. The highest BCUT2D eigenvalue weighted by atomic mass is 16.3. The minimum atomic E-state index is -0.123. The molecule has 2 heteroatoms. The molecule has 4 aliphatic carbocycles. The van der Waals surface area contributed by atoms with Crippen molar-refractivity contribution < 1.29 is 10.2 Å². The fourth-order valence-corrected chi connectivity index (χ4v) is 7.46. The standard InChI is InChI=1S/C20H34O2/c1-12-4-5-15-18-16(7-9-19(12,15)2)20(3)8-6-14(21)10-13(20)11-17(18)22/h12-18,21-22H,4-11H2,1-3H3/t12?,13-,14+,15?,16?,17-,18?,19?,20?/m0/s1. The van der Waals surface area contributed by atoms with E-state index in [0.717, 1.165) is 31.1 Å². The molecular weight excluding hydrogens is 272 g/mol. The molecule has 6 unspecified atom stereocenters. The molecule has 9 atom stereocenters. The zero-order chi connectivity index (χ0) is 15.7. The normalized spacial score (nSPS) is 61.2. The first-order chi connectivity index (χ1) is 10.4. The van der Waals surface area contributed by atoms with Crippen molar-refractivity contribution >= 4 is 0 Å². The van der Waals surface area contributed by atoms with Gasteiger partial charge in [-0.25, -0.2) is 0 Å². The van der Waals surface area contributed by atoms with Gasteiger partial charge in [-0.05, 0) is 91.8 Å². The molecule has 0 aliphatic heterocycles. The van der Waals surface area contributed by atoms with Crippen LogP contribution in [-0.4, -0.2) is 22.4 Å². The smallest absolute Gasteiger partial charge is 0.0577 e. The van der Waals surface area contributed by atoms with Gasteiger partial charge in [0, 0.05) is 0 Å². The maximum Gasteiger partial charge on any atom is 0.0577 e. The van der Waals surface area contributed by atoms with Crippen LogP contribution in [0.4, 0.5) is 0 Å². The summed E-state index contributed by atoms with van der Waals surface area (Å²) < 4.78 is 0. The first kappa shape index (κ1) is 15.4. The molecule has 0 aromatic heterocycles. The largest absolute Gasteiger partial charge is 0.393 e. The number of aliphatic hydroxyl groups excluding tert-OH is 2. The second-order valence-electron chi connectivity index (χ2n) is 9.75. The van der Waals surface area contributed by atoms with Crippen molar-refractivity contribution in [1.82, 2.24) is 0 Å². The van der Waals surface area contributed by atoms with Gasteiger partial charge in [0.15, 0.2) is 0 Å². The SMILES string of the molecule is CC1CCC2C3C(CCC12C)C1(C)CC[C@@H](O)C[C@H]1C[C@@H]3O. The van der Waals surface area contributed by atoms with E-state index >= 15 is 0 Å². The van der Waals surface area contributed by atoms with Gasteiger partial charge >= 0.3 is 0 Å². The quantitative estimate of drug-likeness (QED) is 0.710. The number of hydrogen-bond acceptors (Lipinski definition) is 2. The van der Waals surface area contributed by atoms with Crippen molar-refractivity contribution in [3.05, 3.63) is 0 Å². The fraction of sp³-hybridized carbons (Fsp3) is 1.00. The fourth-order valence-electron chi connectivity index (χ4n) is 7.46. The molecule has 0 bridgehead atoms. The Morgan fingerprint density at radius 3 is 2.27 bits per heavy atom. The zero-order valence-corrected chi connectivity index (χ0v) is 14.6. The third-order valence-electron chi connectivity index (χ3n) is 9.13. The van der Waals surface area contributed by atoms with Gasteiger partial charge in [-0.2, -0.15) is 0 Å². The van der Waals surface area contributed by atoms with E-state index in [1.54, 1.807) is 0 Å². The molecule has 4 saturated carbocycles. The molecule has 0 aromatic rings. The van der Waals surface area contributed by atoms with Gasteiger partial charge in [0.25, 0.3) is 0 Å². The summed E-state index contributed by atoms with van der Waals surface area (Å²) in [6.07, 6.45) is 9.13. The maximum atomic E-state index is 11.0. The maximum absolute atomic E-state index is 11.0. The van der Waals surface area contributed by atoms with Gasteiger partial charge in [-0.1, -0.05) is 20.8 Å². The van der Waals surface area contributed by atoms with E-state index in [-0.39, 0.29) is 12.2 Å². The highest BCUT2D eigenvalue weighted by molar-refractivity contribution is 5.10. The number of rotatable bonds is 0. The van der Waals surface area contributed by atoms with Crippen molar-refractivity contribution in [3.63, 3.8) is 0 Å². The van der Waals surface area contributed by atoms with Gasteiger partial charge in [0.05, 0.1) is 12.2 Å². The van der Waals surface area contributed by atoms with Crippen LogP contribution >= 0.6 is 0 Å². The Hall–Kier alpha value is -0.0800. The van der Waals surface area contributed by atoms with Crippen LogP contribution in [0.15, 0.2) is 0 Å². The van der Waals surface area contributed by atoms with Crippen molar-refractivity contribution in [2.75, 3.05) is 0 Å². The minimum Gasteiger partial charge on any atom is -0.393 e. The Bertz CT molecular complexity index is 449. The van der Waals surface area contributed by atoms with Gasteiger partial charge in [-0.15, -0.1) is 0 Å². The molecule has 2 nitrogen and oxygen atoms in total. The molecule has 4 aliphatic rings. The molecule has 0 radical (unpaired) electrons. The van der Waals surface area contributed by atoms with Crippen molar-refractivity contribution in [2.45, 2.75) is 84.3 Å². The van der Waals surface area contributed by atoms with E-state index in [1.807, 2.05) is 0 Å². The Morgan fingerprint density at radius 1 is 0.818 bits per heavy atom. The molecule has 0 amide bonds. The lowest BCUT2D eigenvalue weighted by molar-refractivity contribution is -0.171. The number of fused-ring (bicyclic) bond motifs is 5. The van der Waals surface area contributed by atoms with Crippen molar-refractivity contribution in [3.8, 4) is 0 Å². The average Bonchev–Trinajstić information content (AvgIpc) is 2.77. The van der Waals surface area contributed by atoms with Crippen LogP contribution in [0.3, 0.4) is 0 Å². The third kappa shape index (κ3) is 1.92. The van der Waals surface area contributed by atoms with Crippen LogP contribution < -0.4 is 0 Å².